The minimum absolute atomic E-state index is 0.213. The SMILES string of the molecule is O=C(/C=C/c1cc(Cl)c2c(c1)OCCCO2)NCCc1ccc(F)cc1. The zero-order chi connectivity index (χ0) is 18.4. The Labute approximate surface area is 156 Å². The van der Waals surface area contributed by atoms with Crippen molar-refractivity contribution in [1.29, 1.82) is 0 Å². The number of hydrogen-bond acceptors (Lipinski definition) is 3. The van der Waals surface area contributed by atoms with Gasteiger partial charge in [-0.1, -0.05) is 23.7 Å². The van der Waals surface area contributed by atoms with Gasteiger partial charge in [0.1, 0.15) is 5.82 Å². The van der Waals surface area contributed by atoms with E-state index in [1.54, 1.807) is 30.3 Å². The molecule has 0 radical (unpaired) electrons. The van der Waals surface area contributed by atoms with Gasteiger partial charge in [-0.05, 0) is 47.9 Å². The highest BCUT2D eigenvalue weighted by atomic mass is 35.5. The topological polar surface area (TPSA) is 47.6 Å². The fourth-order valence-corrected chi connectivity index (χ4v) is 2.83. The molecule has 0 saturated heterocycles. The normalized spacial score (nSPS) is 13.5. The molecule has 4 nitrogen and oxygen atoms in total. The first-order chi connectivity index (χ1) is 12.6. The molecular formula is C20H19ClFNO3. The van der Waals surface area contributed by atoms with Gasteiger partial charge >= 0.3 is 0 Å². The van der Waals surface area contributed by atoms with Crippen molar-refractivity contribution in [3.8, 4) is 11.5 Å². The molecule has 1 aliphatic rings. The molecule has 136 valence electrons. The maximum atomic E-state index is 12.8. The van der Waals surface area contributed by atoms with E-state index in [9.17, 15) is 9.18 Å². The predicted octanol–water partition coefficient (Wildman–Crippen LogP) is 4.01. The van der Waals surface area contributed by atoms with Gasteiger partial charge in [0.25, 0.3) is 0 Å². The Balaban J connectivity index is 1.55. The van der Waals surface area contributed by atoms with Crippen LogP contribution in [0.3, 0.4) is 0 Å². The number of ether oxygens (including phenoxy) is 2. The Morgan fingerprint density at radius 1 is 1.19 bits per heavy atom. The van der Waals surface area contributed by atoms with Gasteiger partial charge < -0.3 is 14.8 Å². The van der Waals surface area contributed by atoms with E-state index in [0.29, 0.717) is 42.7 Å². The summed E-state index contributed by atoms with van der Waals surface area (Å²) < 4.78 is 24.1. The lowest BCUT2D eigenvalue weighted by Crippen LogP contribution is -2.23. The monoisotopic (exact) mass is 375 g/mol. The van der Waals surface area contributed by atoms with Gasteiger partial charge in [-0.25, -0.2) is 4.39 Å². The first kappa shape index (κ1) is 18.3. The summed E-state index contributed by atoms with van der Waals surface area (Å²) >= 11 is 6.23. The van der Waals surface area contributed by atoms with Crippen molar-refractivity contribution in [2.45, 2.75) is 12.8 Å². The van der Waals surface area contributed by atoms with E-state index < -0.39 is 0 Å². The standard InChI is InChI=1S/C20H19ClFNO3/c21-17-12-15(13-18-20(17)26-11-1-10-25-18)4-7-19(24)23-9-8-14-2-5-16(22)6-3-14/h2-7,12-13H,1,8-11H2,(H,23,24)/b7-4+. The lowest BCUT2D eigenvalue weighted by atomic mass is 10.1. The number of carbonyl (C=O) groups is 1. The third-order valence-electron chi connectivity index (χ3n) is 3.88. The van der Waals surface area contributed by atoms with Gasteiger partial charge in [0.05, 0.1) is 18.2 Å². The third-order valence-corrected chi connectivity index (χ3v) is 4.16. The quantitative estimate of drug-likeness (QED) is 0.803. The van der Waals surface area contributed by atoms with Crippen LogP contribution < -0.4 is 14.8 Å². The third kappa shape index (κ3) is 4.99. The number of fused-ring (bicyclic) bond motifs is 1. The van der Waals surface area contributed by atoms with Crippen LogP contribution in [0.5, 0.6) is 11.5 Å². The lowest BCUT2D eigenvalue weighted by Gasteiger charge is -2.10. The number of halogens is 2. The van der Waals surface area contributed by atoms with Gasteiger partial charge in [0.15, 0.2) is 11.5 Å². The number of nitrogens with one attached hydrogen (secondary N) is 1. The second kappa shape index (κ2) is 8.72. The molecule has 0 saturated carbocycles. The Morgan fingerprint density at radius 3 is 2.77 bits per heavy atom. The highest BCUT2D eigenvalue weighted by Crippen LogP contribution is 2.38. The molecule has 2 aromatic rings. The Hall–Kier alpha value is -2.53. The summed E-state index contributed by atoms with van der Waals surface area (Å²) in [6.07, 6.45) is 4.55. The molecular weight excluding hydrogens is 357 g/mol. The van der Waals surface area contributed by atoms with E-state index in [4.69, 9.17) is 21.1 Å². The van der Waals surface area contributed by atoms with Crippen LogP contribution in [0, 0.1) is 5.82 Å². The molecule has 3 rings (SSSR count). The summed E-state index contributed by atoms with van der Waals surface area (Å²) in [5.41, 5.74) is 1.72. The molecule has 1 aliphatic heterocycles. The van der Waals surface area contributed by atoms with E-state index in [-0.39, 0.29) is 11.7 Å². The molecule has 0 bridgehead atoms. The van der Waals surface area contributed by atoms with E-state index in [1.165, 1.54) is 18.2 Å². The fourth-order valence-electron chi connectivity index (χ4n) is 2.56. The highest BCUT2D eigenvalue weighted by Gasteiger charge is 2.14. The van der Waals surface area contributed by atoms with Gasteiger partial charge in [0.2, 0.25) is 5.91 Å². The average Bonchev–Trinajstić information content (AvgIpc) is 2.87. The van der Waals surface area contributed by atoms with Crippen LogP contribution in [0.1, 0.15) is 17.5 Å². The van der Waals surface area contributed by atoms with Crippen LogP contribution in [0.25, 0.3) is 6.08 Å². The Morgan fingerprint density at radius 2 is 1.96 bits per heavy atom. The lowest BCUT2D eigenvalue weighted by molar-refractivity contribution is -0.116. The predicted molar refractivity (Wildman–Crippen MR) is 99.2 cm³/mol. The van der Waals surface area contributed by atoms with Crippen molar-refractivity contribution < 1.29 is 18.7 Å². The maximum absolute atomic E-state index is 12.8. The van der Waals surface area contributed by atoms with E-state index >= 15 is 0 Å². The van der Waals surface area contributed by atoms with Crippen molar-refractivity contribution in [3.05, 3.63) is 64.4 Å². The first-order valence-corrected chi connectivity index (χ1v) is 8.79. The summed E-state index contributed by atoms with van der Waals surface area (Å²) in [5.74, 6) is 0.654. The minimum Gasteiger partial charge on any atom is -0.489 e. The Kier molecular flexibility index (Phi) is 6.12. The van der Waals surface area contributed by atoms with Crippen LogP contribution in [0.15, 0.2) is 42.5 Å². The maximum Gasteiger partial charge on any atom is 0.244 e. The molecule has 1 heterocycles. The van der Waals surface area contributed by atoms with Crippen molar-refractivity contribution in [2.75, 3.05) is 19.8 Å². The summed E-state index contributed by atoms with van der Waals surface area (Å²) in [6.45, 7) is 1.61. The van der Waals surface area contributed by atoms with Crippen molar-refractivity contribution in [2.24, 2.45) is 0 Å². The minimum atomic E-state index is -0.269. The molecule has 0 fully saturated rings. The van der Waals surface area contributed by atoms with Crippen LogP contribution >= 0.6 is 11.6 Å². The highest BCUT2D eigenvalue weighted by molar-refractivity contribution is 6.32. The fraction of sp³-hybridized carbons (Fsp3) is 0.250. The zero-order valence-electron chi connectivity index (χ0n) is 14.1. The molecule has 0 atom stereocenters. The Bertz CT molecular complexity index is 805. The average molecular weight is 376 g/mol. The number of amides is 1. The molecule has 0 aliphatic carbocycles. The molecule has 2 aromatic carbocycles. The summed E-state index contributed by atoms with van der Waals surface area (Å²) in [4.78, 5) is 11.9. The van der Waals surface area contributed by atoms with Gasteiger partial charge in [-0.2, -0.15) is 0 Å². The number of carbonyl (C=O) groups excluding carboxylic acids is 1. The molecule has 1 amide bonds. The molecule has 6 heteroatoms. The largest absolute Gasteiger partial charge is 0.489 e. The van der Waals surface area contributed by atoms with Crippen LogP contribution in [-0.2, 0) is 11.2 Å². The zero-order valence-corrected chi connectivity index (χ0v) is 14.9. The van der Waals surface area contributed by atoms with Gasteiger partial charge in [0, 0.05) is 19.0 Å². The van der Waals surface area contributed by atoms with E-state index in [1.807, 2.05) is 0 Å². The van der Waals surface area contributed by atoms with Gasteiger partial charge in [-0.15, -0.1) is 0 Å². The van der Waals surface area contributed by atoms with Crippen molar-refractivity contribution in [1.82, 2.24) is 5.32 Å². The molecule has 0 unspecified atom stereocenters. The molecule has 1 N–H and O–H groups in total. The second-order valence-electron chi connectivity index (χ2n) is 5.88. The van der Waals surface area contributed by atoms with Crippen molar-refractivity contribution in [3.63, 3.8) is 0 Å². The molecule has 0 spiro atoms. The van der Waals surface area contributed by atoms with Crippen LogP contribution in [0.4, 0.5) is 4.39 Å². The number of rotatable bonds is 5. The van der Waals surface area contributed by atoms with Crippen LogP contribution in [0.2, 0.25) is 5.02 Å². The molecule has 26 heavy (non-hydrogen) atoms. The molecule has 0 aromatic heterocycles. The first-order valence-electron chi connectivity index (χ1n) is 8.41. The van der Waals surface area contributed by atoms with E-state index in [2.05, 4.69) is 5.32 Å². The summed E-state index contributed by atoms with van der Waals surface area (Å²) in [5, 5.41) is 3.25. The van der Waals surface area contributed by atoms with Crippen molar-refractivity contribution >= 4 is 23.6 Å². The smallest absolute Gasteiger partial charge is 0.244 e. The van der Waals surface area contributed by atoms with Crippen LogP contribution in [-0.4, -0.2) is 25.7 Å². The number of benzene rings is 2. The van der Waals surface area contributed by atoms with Gasteiger partial charge in [-0.3, -0.25) is 4.79 Å². The summed E-state index contributed by atoms with van der Waals surface area (Å²) in [6, 6.07) is 9.76. The number of hydrogen-bond donors (Lipinski definition) is 1. The second-order valence-corrected chi connectivity index (χ2v) is 6.29. The summed E-state index contributed by atoms with van der Waals surface area (Å²) in [7, 11) is 0. The van der Waals surface area contributed by atoms with E-state index in [0.717, 1.165) is 17.5 Å².